The lowest BCUT2D eigenvalue weighted by atomic mass is 10.1. The highest BCUT2D eigenvalue weighted by Crippen LogP contribution is 2.16. The van der Waals surface area contributed by atoms with Gasteiger partial charge in [-0.25, -0.2) is 0 Å². The van der Waals surface area contributed by atoms with Crippen LogP contribution in [0.3, 0.4) is 0 Å². The van der Waals surface area contributed by atoms with Gasteiger partial charge in [-0.1, -0.05) is 31.5 Å². The van der Waals surface area contributed by atoms with Crippen LogP contribution < -0.4 is 0 Å². The zero-order valence-corrected chi connectivity index (χ0v) is 11.7. The number of nitrogens with one attached hydrogen (secondary N) is 1. The number of aromatic nitrogens is 1. The fourth-order valence-corrected chi connectivity index (χ4v) is 2.58. The van der Waals surface area contributed by atoms with Crippen molar-refractivity contribution in [3.05, 3.63) is 36.0 Å². The molecule has 1 aromatic carbocycles. The molecule has 2 heteroatoms. The average Bonchev–Trinajstić information content (AvgIpc) is 2.94. The maximum Gasteiger partial charge on any atom is 0.0455 e. The van der Waals surface area contributed by atoms with E-state index in [-0.39, 0.29) is 0 Å². The second kappa shape index (κ2) is 6.05. The summed E-state index contributed by atoms with van der Waals surface area (Å²) in [5.41, 5.74) is 2.45. The third kappa shape index (κ3) is 3.36. The lowest BCUT2D eigenvalue weighted by Gasteiger charge is -2.05. The topological polar surface area (TPSA) is 19.0 Å². The van der Waals surface area contributed by atoms with Crippen molar-refractivity contribution in [2.75, 3.05) is 20.1 Å². The first-order valence-electron chi connectivity index (χ1n) is 6.92. The smallest absolute Gasteiger partial charge is 0.0455 e. The third-order valence-corrected chi connectivity index (χ3v) is 3.73. The van der Waals surface area contributed by atoms with Crippen LogP contribution in [0, 0.1) is 12.8 Å². The molecule has 2 nitrogen and oxygen atoms in total. The molecular weight excluding hydrogens is 220 g/mol. The van der Waals surface area contributed by atoms with Crippen LogP contribution in [0.25, 0.3) is 10.9 Å². The van der Waals surface area contributed by atoms with Crippen LogP contribution in [-0.2, 0) is 0 Å². The van der Waals surface area contributed by atoms with Crippen molar-refractivity contribution in [1.82, 2.24) is 9.88 Å². The Hall–Kier alpha value is -1.28. The maximum atomic E-state index is 3.26. The molecule has 1 aromatic heterocycles. The van der Waals surface area contributed by atoms with E-state index in [1.54, 1.807) is 0 Å². The zero-order valence-electron chi connectivity index (χ0n) is 11.7. The normalized spacial score (nSPS) is 19.8. The van der Waals surface area contributed by atoms with Crippen molar-refractivity contribution >= 4 is 10.9 Å². The Morgan fingerprint density at radius 2 is 2.11 bits per heavy atom. The summed E-state index contributed by atoms with van der Waals surface area (Å²) in [4.78, 5) is 5.67. The highest BCUT2D eigenvalue weighted by atomic mass is 15.1. The van der Waals surface area contributed by atoms with Crippen molar-refractivity contribution in [2.45, 2.75) is 26.7 Å². The predicted octanol–water partition coefficient (Wildman–Crippen LogP) is 3.82. The molecule has 1 atom stereocenters. The first-order valence-corrected chi connectivity index (χ1v) is 6.92. The second-order valence-corrected chi connectivity index (χ2v) is 5.36. The van der Waals surface area contributed by atoms with E-state index in [1.165, 1.54) is 42.5 Å². The van der Waals surface area contributed by atoms with E-state index in [2.05, 4.69) is 55.0 Å². The molecule has 2 aromatic rings. The van der Waals surface area contributed by atoms with Gasteiger partial charge >= 0.3 is 0 Å². The lowest BCUT2D eigenvalue weighted by molar-refractivity contribution is 0.392. The number of hydrogen-bond acceptors (Lipinski definition) is 1. The Bertz CT molecular complexity index is 454. The Kier molecular flexibility index (Phi) is 4.43. The highest BCUT2D eigenvalue weighted by molar-refractivity contribution is 5.79. The number of likely N-dealkylation sites (tertiary alicyclic amines) is 1. The summed E-state index contributed by atoms with van der Waals surface area (Å²) in [7, 11) is 2.20. The second-order valence-electron chi connectivity index (χ2n) is 5.36. The molecule has 1 N–H and O–H groups in total. The highest BCUT2D eigenvalue weighted by Gasteiger charge is 2.16. The quantitative estimate of drug-likeness (QED) is 0.808. The number of rotatable bonds is 1. The summed E-state index contributed by atoms with van der Waals surface area (Å²) in [5.74, 6) is 1.000. The molecule has 98 valence electrons. The largest absolute Gasteiger partial charge is 0.359 e. The number of benzene rings is 1. The molecule has 0 unspecified atom stereocenters. The summed E-state index contributed by atoms with van der Waals surface area (Å²) in [6, 6.07) is 10.4. The molecule has 0 aliphatic carbocycles. The van der Waals surface area contributed by atoms with Gasteiger partial charge in [-0.05, 0) is 50.4 Å². The number of H-pyrrole nitrogens is 1. The third-order valence-electron chi connectivity index (χ3n) is 3.73. The molecule has 1 aliphatic rings. The molecule has 0 radical (unpaired) electrons. The van der Waals surface area contributed by atoms with Crippen molar-refractivity contribution in [3.8, 4) is 0 Å². The summed E-state index contributed by atoms with van der Waals surface area (Å²) >= 11 is 0. The number of nitrogens with zero attached hydrogens (tertiary/aromatic N) is 1. The standard InChI is InChI=1S/C9H9N.C7H15N/c1-7-6-8-4-2-3-5-9(8)10-7;1-3-7-4-5-8(2)6-7/h2-6,10H,1H3;7H,3-6H2,1-2H3/t;7-/m.1/s1. The van der Waals surface area contributed by atoms with Gasteiger partial charge in [0.15, 0.2) is 0 Å². The van der Waals surface area contributed by atoms with E-state index in [9.17, 15) is 0 Å². The number of aromatic amines is 1. The SMILES string of the molecule is CC[C@@H]1CCN(C)C1.Cc1cc2ccccc2[nH]1. The minimum atomic E-state index is 1.000. The molecule has 1 aliphatic heterocycles. The van der Waals surface area contributed by atoms with Crippen molar-refractivity contribution in [2.24, 2.45) is 5.92 Å². The summed E-state index contributed by atoms with van der Waals surface area (Å²) in [5, 5.41) is 1.29. The molecule has 18 heavy (non-hydrogen) atoms. The minimum absolute atomic E-state index is 1.000. The molecule has 0 saturated carbocycles. The van der Waals surface area contributed by atoms with Crippen molar-refractivity contribution in [3.63, 3.8) is 0 Å². The van der Waals surface area contributed by atoms with Gasteiger partial charge in [-0.2, -0.15) is 0 Å². The van der Waals surface area contributed by atoms with Crippen LogP contribution in [0.1, 0.15) is 25.5 Å². The van der Waals surface area contributed by atoms with Gasteiger partial charge in [0.05, 0.1) is 0 Å². The summed E-state index contributed by atoms with van der Waals surface area (Å²) in [6.07, 6.45) is 2.79. The van der Waals surface area contributed by atoms with E-state index in [1.807, 2.05) is 6.07 Å². The van der Waals surface area contributed by atoms with Crippen LogP contribution in [0.2, 0.25) is 0 Å². The first kappa shape index (κ1) is 13.2. The van der Waals surface area contributed by atoms with Crippen LogP contribution in [0.4, 0.5) is 0 Å². The van der Waals surface area contributed by atoms with Gasteiger partial charge in [-0.15, -0.1) is 0 Å². The van der Waals surface area contributed by atoms with E-state index in [4.69, 9.17) is 0 Å². The monoisotopic (exact) mass is 244 g/mol. The van der Waals surface area contributed by atoms with E-state index >= 15 is 0 Å². The fourth-order valence-electron chi connectivity index (χ4n) is 2.58. The Morgan fingerprint density at radius 3 is 2.67 bits per heavy atom. The minimum Gasteiger partial charge on any atom is -0.359 e. The molecule has 0 amide bonds. The number of para-hydroxylation sites is 1. The van der Waals surface area contributed by atoms with Crippen LogP contribution >= 0.6 is 0 Å². The van der Waals surface area contributed by atoms with Crippen LogP contribution in [-0.4, -0.2) is 30.0 Å². The fraction of sp³-hybridized carbons (Fsp3) is 0.500. The Labute approximate surface area is 110 Å². The lowest BCUT2D eigenvalue weighted by Crippen LogP contribution is -2.13. The van der Waals surface area contributed by atoms with E-state index in [0.29, 0.717) is 0 Å². The van der Waals surface area contributed by atoms with Crippen LogP contribution in [0.5, 0.6) is 0 Å². The molecule has 1 saturated heterocycles. The van der Waals surface area contributed by atoms with E-state index in [0.717, 1.165) is 5.92 Å². The number of hydrogen-bond donors (Lipinski definition) is 1. The number of aryl methyl sites for hydroxylation is 1. The van der Waals surface area contributed by atoms with Gasteiger partial charge in [0, 0.05) is 17.8 Å². The Balaban J connectivity index is 0.000000138. The predicted molar refractivity (Wildman–Crippen MR) is 78.9 cm³/mol. The Morgan fingerprint density at radius 1 is 1.33 bits per heavy atom. The zero-order chi connectivity index (χ0) is 13.0. The van der Waals surface area contributed by atoms with Gasteiger partial charge in [0.1, 0.15) is 0 Å². The average molecular weight is 244 g/mol. The van der Waals surface area contributed by atoms with Gasteiger partial charge < -0.3 is 9.88 Å². The summed E-state index contributed by atoms with van der Waals surface area (Å²) < 4.78 is 0. The summed E-state index contributed by atoms with van der Waals surface area (Å²) in [6.45, 7) is 7.00. The molecule has 1 fully saturated rings. The molecular formula is C16H24N2. The molecule has 0 spiro atoms. The van der Waals surface area contributed by atoms with Crippen LogP contribution in [0.15, 0.2) is 30.3 Å². The number of fused-ring (bicyclic) bond motifs is 1. The van der Waals surface area contributed by atoms with Crippen molar-refractivity contribution < 1.29 is 0 Å². The van der Waals surface area contributed by atoms with E-state index < -0.39 is 0 Å². The maximum absolute atomic E-state index is 3.26. The molecule has 0 bridgehead atoms. The molecule has 2 heterocycles. The van der Waals surface area contributed by atoms with Gasteiger partial charge in [-0.3, -0.25) is 0 Å². The van der Waals surface area contributed by atoms with Gasteiger partial charge in [0.25, 0.3) is 0 Å². The molecule has 3 rings (SSSR count). The first-order chi connectivity index (χ1) is 8.69. The van der Waals surface area contributed by atoms with Gasteiger partial charge in [0.2, 0.25) is 0 Å². The van der Waals surface area contributed by atoms with Crippen molar-refractivity contribution in [1.29, 1.82) is 0 Å².